The smallest absolute Gasteiger partial charge is 0.0948 e. The number of aliphatic hydroxyl groups is 1. The lowest BCUT2D eigenvalue weighted by Gasteiger charge is -2.33. The predicted molar refractivity (Wildman–Crippen MR) is 87.8 cm³/mol. The summed E-state index contributed by atoms with van der Waals surface area (Å²) in [6, 6.07) is 6.00. The van der Waals surface area contributed by atoms with Crippen LogP contribution in [0.2, 0.25) is 5.02 Å². The van der Waals surface area contributed by atoms with Gasteiger partial charge in [0.15, 0.2) is 0 Å². The van der Waals surface area contributed by atoms with E-state index in [0.717, 1.165) is 43.9 Å². The Balaban J connectivity index is 1.48. The summed E-state index contributed by atoms with van der Waals surface area (Å²) >= 11 is 6.06. The van der Waals surface area contributed by atoms with Crippen molar-refractivity contribution in [3.63, 3.8) is 0 Å². The monoisotopic (exact) mass is 325 g/mol. The number of ether oxygens (including phenoxy) is 2. The predicted octanol–water partition coefficient (Wildman–Crippen LogP) is 2.65. The highest BCUT2D eigenvalue weighted by Gasteiger charge is 2.20. The lowest BCUT2D eigenvalue weighted by molar-refractivity contribution is -0.0150. The number of aliphatic hydroxyl groups excluding tert-OH is 1. The van der Waals surface area contributed by atoms with Crippen molar-refractivity contribution in [1.29, 1.82) is 0 Å². The number of β-amino-alcohol motifs (C(OH)–C–C–N with tert-alkyl or cyclic N) is 1. The molecule has 0 saturated carbocycles. The Bertz CT molecular complexity index is 491. The highest BCUT2D eigenvalue weighted by molar-refractivity contribution is 6.30. The molecule has 2 aliphatic heterocycles. The van der Waals surface area contributed by atoms with E-state index in [-0.39, 0.29) is 6.10 Å². The van der Waals surface area contributed by atoms with Crippen LogP contribution in [0.25, 0.3) is 0 Å². The molecule has 22 heavy (non-hydrogen) atoms. The zero-order chi connectivity index (χ0) is 15.4. The van der Waals surface area contributed by atoms with Crippen molar-refractivity contribution in [2.75, 3.05) is 37.8 Å². The molecule has 2 atom stereocenters. The van der Waals surface area contributed by atoms with Crippen LogP contribution in [0.3, 0.4) is 0 Å². The second-order valence-electron chi connectivity index (χ2n) is 6.15. The van der Waals surface area contributed by atoms with E-state index in [4.69, 9.17) is 21.1 Å². The van der Waals surface area contributed by atoms with E-state index in [1.54, 1.807) is 0 Å². The van der Waals surface area contributed by atoms with Crippen LogP contribution in [0.15, 0.2) is 18.2 Å². The Hall–Kier alpha value is -0.810. The fraction of sp³-hybridized carbons (Fsp3) is 0.647. The zero-order valence-electron chi connectivity index (χ0n) is 12.8. The number of benzene rings is 1. The molecule has 1 N–H and O–H groups in total. The van der Waals surface area contributed by atoms with Crippen LogP contribution < -0.4 is 4.90 Å². The minimum Gasteiger partial charge on any atom is -0.389 e. The molecule has 1 fully saturated rings. The third-order valence-electron chi connectivity index (χ3n) is 4.33. The number of aryl methyl sites for hydroxylation is 1. The second-order valence-corrected chi connectivity index (χ2v) is 6.59. The summed E-state index contributed by atoms with van der Waals surface area (Å²) < 4.78 is 11.1. The zero-order valence-corrected chi connectivity index (χ0v) is 13.6. The van der Waals surface area contributed by atoms with Crippen molar-refractivity contribution >= 4 is 17.3 Å². The molecule has 1 saturated heterocycles. The standard InChI is InChI=1S/C17H24ClNO3/c18-14-5-6-17-13(9-14)3-1-7-19(17)10-15(20)11-21-12-16-4-2-8-22-16/h5-6,9,15-16,20H,1-4,7-8,10-12H2. The molecule has 3 rings (SSSR count). The maximum Gasteiger partial charge on any atom is 0.0948 e. The molecule has 2 heterocycles. The highest BCUT2D eigenvalue weighted by Crippen LogP contribution is 2.29. The minimum atomic E-state index is -0.483. The van der Waals surface area contributed by atoms with Crippen molar-refractivity contribution in [1.82, 2.24) is 0 Å². The first-order valence-electron chi connectivity index (χ1n) is 8.13. The second kappa shape index (κ2) is 7.64. The maximum atomic E-state index is 10.2. The third-order valence-corrected chi connectivity index (χ3v) is 4.56. The number of hydrogen-bond donors (Lipinski definition) is 1. The Morgan fingerprint density at radius 2 is 2.32 bits per heavy atom. The number of hydrogen-bond acceptors (Lipinski definition) is 4. The quantitative estimate of drug-likeness (QED) is 0.873. The van der Waals surface area contributed by atoms with Gasteiger partial charge in [0.25, 0.3) is 0 Å². The molecule has 1 aromatic carbocycles. The van der Waals surface area contributed by atoms with E-state index >= 15 is 0 Å². The molecule has 1 aromatic rings. The molecule has 2 unspecified atom stereocenters. The van der Waals surface area contributed by atoms with Gasteiger partial charge in [-0.25, -0.2) is 0 Å². The van der Waals surface area contributed by atoms with E-state index in [1.165, 1.54) is 11.3 Å². The van der Waals surface area contributed by atoms with Crippen molar-refractivity contribution in [3.8, 4) is 0 Å². The van der Waals surface area contributed by atoms with Crippen molar-refractivity contribution < 1.29 is 14.6 Å². The number of anilines is 1. The van der Waals surface area contributed by atoms with Crippen LogP contribution in [-0.4, -0.2) is 50.2 Å². The van der Waals surface area contributed by atoms with Gasteiger partial charge in [0, 0.05) is 30.4 Å². The van der Waals surface area contributed by atoms with Crippen molar-refractivity contribution in [3.05, 3.63) is 28.8 Å². The molecule has 0 bridgehead atoms. The topological polar surface area (TPSA) is 41.9 Å². The Morgan fingerprint density at radius 3 is 3.14 bits per heavy atom. The van der Waals surface area contributed by atoms with Gasteiger partial charge >= 0.3 is 0 Å². The van der Waals surface area contributed by atoms with Gasteiger partial charge in [-0.2, -0.15) is 0 Å². The van der Waals surface area contributed by atoms with Crippen molar-refractivity contribution in [2.24, 2.45) is 0 Å². The van der Waals surface area contributed by atoms with Crippen LogP contribution in [0, 0.1) is 0 Å². The van der Waals surface area contributed by atoms with Gasteiger partial charge in [0.2, 0.25) is 0 Å². The molecule has 122 valence electrons. The first kappa shape index (κ1) is 16.1. The van der Waals surface area contributed by atoms with E-state index < -0.39 is 6.10 Å². The number of rotatable bonds is 6. The molecule has 5 heteroatoms. The van der Waals surface area contributed by atoms with Crippen molar-refractivity contribution in [2.45, 2.75) is 37.9 Å². The summed E-state index contributed by atoms with van der Waals surface area (Å²) in [6.07, 6.45) is 4.06. The Kier molecular flexibility index (Phi) is 5.58. The maximum absolute atomic E-state index is 10.2. The summed E-state index contributed by atoms with van der Waals surface area (Å²) in [6.45, 7) is 3.35. The van der Waals surface area contributed by atoms with Gasteiger partial charge < -0.3 is 19.5 Å². The molecule has 0 aromatic heterocycles. The SMILES string of the molecule is OC(COCC1CCCO1)CN1CCCc2cc(Cl)ccc21. The van der Waals surface area contributed by atoms with E-state index in [9.17, 15) is 5.11 Å². The van der Waals surface area contributed by atoms with Gasteiger partial charge in [0.05, 0.1) is 25.4 Å². The lowest BCUT2D eigenvalue weighted by Crippen LogP contribution is -2.38. The molecule has 0 spiro atoms. The van der Waals surface area contributed by atoms with Crippen LogP contribution in [0.4, 0.5) is 5.69 Å². The lowest BCUT2D eigenvalue weighted by atomic mass is 10.0. The van der Waals surface area contributed by atoms with Crippen LogP contribution in [0.5, 0.6) is 0 Å². The van der Waals surface area contributed by atoms with E-state index in [1.807, 2.05) is 12.1 Å². The van der Waals surface area contributed by atoms with Crippen LogP contribution >= 0.6 is 11.6 Å². The summed E-state index contributed by atoms with van der Waals surface area (Å²) in [5, 5.41) is 11.0. The first-order chi connectivity index (χ1) is 10.7. The third kappa shape index (κ3) is 4.13. The summed E-state index contributed by atoms with van der Waals surface area (Å²) in [4.78, 5) is 2.23. The minimum absolute atomic E-state index is 0.213. The largest absolute Gasteiger partial charge is 0.389 e. The molecular weight excluding hydrogens is 302 g/mol. The summed E-state index contributed by atoms with van der Waals surface area (Å²) in [5.74, 6) is 0. The van der Waals surface area contributed by atoms with Gasteiger partial charge in [-0.15, -0.1) is 0 Å². The fourth-order valence-corrected chi connectivity index (χ4v) is 3.45. The summed E-state index contributed by atoms with van der Waals surface area (Å²) in [5.41, 5.74) is 2.46. The average molecular weight is 326 g/mol. The Morgan fingerprint density at radius 1 is 1.41 bits per heavy atom. The van der Waals surface area contributed by atoms with Gasteiger partial charge in [-0.3, -0.25) is 0 Å². The number of fused-ring (bicyclic) bond motifs is 1. The van der Waals surface area contributed by atoms with Crippen LogP contribution in [-0.2, 0) is 15.9 Å². The van der Waals surface area contributed by atoms with Gasteiger partial charge in [0.1, 0.15) is 0 Å². The first-order valence-corrected chi connectivity index (χ1v) is 8.51. The Labute approximate surface area is 137 Å². The molecule has 2 aliphatic rings. The van der Waals surface area contributed by atoms with E-state index in [0.29, 0.717) is 19.8 Å². The van der Waals surface area contributed by atoms with E-state index in [2.05, 4.69) is 11.0 Å². The summed E-state index contributed by atoms with van der Waals surface area (Å²) in [7, 11) is 0. The van der Waals surface area contributed by atoms with Gasteiger partial charge in [-0.1, -0.05) is 11.6 Å². The number of nitrogens with zero attached hydrogens (tertiary/aromatic N) is 1. The average Bonchev–Trinajstić information content (AvgIpc) is 3.00. The molecule has 0 radical (unpaired) electrons. The van der Waals surface area contributed by atoms with Crippen LogP contribution in [0.1, 0.15) is 24.8 Å². The van der Waals surface area contributed by atoms with Gasteiger partial charge in [-0.05, 0) is 49.4 Å². The molecule has 4 nitrogen and oxygen atoms in total. The number of halogens is 1. The fourth-order valence-electron chi connectivity index (χ4n) is 3.25. The highest BCUT2D eigenvalue weighted by atomic mass is 35.5. The molecular formula is C17H24ClNO3. The molecule has 0 aliphatic carbocycles. The normalized spacial score (nSPS) is 22.6. The molecule has 0 amide bonds.